The third-order valence-electron chi connectivity index (χ3n) is 2.14. The minimum Gasteiger partial charge on any atom is -0.294 e. The second kappa shape index (κ2) is 5.55. The number of nitrogens with one attached hydrogen (secondary N) is 1. The lowest BCUT2D eigenvalue weighted by molar-refractivity contribution is -0.115. The molecule has 0 aliphatic carbocycles. The van der Waals surface area contributed by atoms with Gasteiger partial charge < -0.3 is 0 Å². The van der Waals surface area contributed by atoms with Crippen LogP contribution >= 0.6 is 11.6 Å². The van der Waals surface area contributed by atoms with Crippen molar-refractivity contribution < 1.29 is 4.79 Å². The zero-order chi connectivity index (χ0) is 13.0. The SMILES string of the molecule is Cc1cc(Cl)nc(NC(=O)Cc2ccccn2)n1. The van der Waals surface area contributed by atoms with E-state index in [0.29, 0.717) is 16.5 Å². The van der Waals surface area contributed by atoms with Crippen LogP contribution in [-0.4, -0.2) is 20.9 Å². The molecule has 0 atom stereocenters. The Morgan fingerprint density at radius 3 is 2.89 bits per heavy atom. The van der Waals surface area contributed by atoms with Crippen molar-refractivity contribution in [1.29, 1.82) is 0 Å². The van der Waals surface area contributed by atoms with Gasteiger partial charge in [0.15, 0.2) is 0 Å². The molecule has 2 rings (SSSR count). The van der Waals surface area contributed by atoms with Crippen LogP contribution in [0, 0.1) is 6.92 Å². The molecule has 0 fully saturated rings. The summed E-state index contributed by atoms with van der Waals surface area (Å²) in [7, 11) is 0. The minimum atomic E-state index is -0.227. The standard InChI is InChI=1S/C12H11ClN4O/c1-8-6-10(13)16-12(15-8)17-11(18)7-9-4-2-3-5-14-9/h2-6H,7H2,1H3,(H,15,16,17,18). The Morgan fingerprint density at radius 1 is 1.39 bits per heavy atom. The van der Waals surface area contributed by atoms with Gasteiger partial charge >= 0.3 is 0 Å². The van der Waals surface area contributed by atoms with Crippen molar-refractivity contribution in [2.45, 2.75) is 13.3 Å². The van der Waals surface area contributed by atoms with Gasteiger partial charge in [-0.25, -0.2) is 9.97 Å². The van der Waals surface area contributed by atoms with Crippen LogP contribution in [0.2, 0.25) is 5.15 Å². The number of aryl methyl sites for hydroxylation is 1. The molecule has 0 unspecified atom stereocenters. The Morgan fingerprint density at radius 2 is 2.22 bits per heavy atom. The fourth-order valence-electron chi connectivity index (χ4n) is 1.42. The average molecular weight is 263 g/mol. The molecule has 92 valence electrons. The predicted octanol–water partition coefficient (Wildman–Crippen LogP) is 2.01. The van der Waals surface area contributed by atoms with Crippen molar-refractivity contribution in [3.8, 4) is 0 Å². The molecule has 0 aliphatic heterocycles. The lowest BCUT2D eigenvalue weighted by atomic mass is 10.2. The van der Waals surface area contributed by atoms with Crippen LogP contribution in [0.3, 0.4) is 0 Å². The quantitative estimate of drug-likeness (QED) is 0.860. The first-order chi connectivity index (χ1) is 8.63. The van der Waals surface area contributed by atoms with E-state index in [4.69, 9.17) is 11.6 Å². The van der Waals surface area contributed by atoms with E-state index < -0.39 is 0 Å². The summed E-state index contributed by atoms with van der Waals surface area (Å²) in [5.41, 5.74) is 1.39. The van der Waals surface area contributed by atoms with Crippen LogP contribution < -0.4 is 5.32 Å². The highest BCUT2D eigenvalue weighted by Crippen LogP contribution is 2.09. The van der Waals surface area contributed by atoms with Gasteiger partial charge in [0.2, 0.25) is 11.9 Å². The maximum atomic E-state index is 11.7. The maximum absolute atomic E-state index is 11.7. The monoisotopic (exact) mass is 262 g/mol. The number of hydrogen-bond acceptors (Lipinski definition) is 4. The lowest BCUT2D eigenvalue weighted by Crippen LogP contribution is -2.17. The highest BCUT2D eigenvalue weighted by atomic mass is 35.5. The van der Waals surface area contributed by atoms with Gasteiger partial charge in [0.25, 0.3) is 0 Å². The number of hydrogen-bond donors (Lipinski definition) is 1. The molecule has 5 nitrogen and oxygen atoms in total. The van der Waals surface area contributed by atoms with Crippen molar-refractivity contribution in [2.24, 2.45) is 0 Å². The smallest absolute Gasteiger partial charge is 0.232 e. The molecule has 0 saturated carbocycles. The number of pyridine rings is 1. The fourth-order valence-corrected chi connectivity index (χ4v) is 1.66. The van der Waals surface area contributed by atoms with Gasteiger partial charge in [-0.15, -0.1) is 0 Å². The van der Waals surface area contributed by atoms with E-state index in [9.17, 15) is 4.79 Å². The van der Waals surface area contributed by atoms with E-state index >= 15 is 0 Å². The second-order valence-corrected chi connectivity index (χ2v) is 4.09. The van der Waals surface area contributed by atoms with Crippen molar-refractivity contribution >= 4 is 23.5 Å². The molecule has 0 aliphatic rings. The van der Waals surface area contributed by atoms with E-state index in [1.165, 1.54) is 0 Å². The van der Waals surface area contributed by atoms with Crippen LogP contribution in [0.5, 0.6) is 0 Å². The first kappa shape index (κ1) is 12.4. The number of carbonyl (C=O) groups excluding carboxylic acids is 1. The summed E-state index contributed by atoms with van der Waals surface area (Å²) in [4.78, 5) is 23.8. The molecule has 6 heteroatoms. The largest absolute Gasteiger partial charge is 0.294 e. The highest BCUT2D eigenvalue weighted by Gasteiger charge is 2.07. The number of nitrogens with zero attached hydrogens (tertiary/aromatic N) is 3. The molecular weight excluding hydrogens is 252 g/mol. The van der Waals surface area contributed by atoms with Crippen LogP contribution in [0.25, 0.3) is 0 Å². The minimum absolute atomic E-state index is 0.176. The summed E-state index contributed by atoms with van der Waals surface area (Å²) >= 11 is 5.78. The van der Waals surface area contributed by atoms with E-state index in [1.54, 1.807) is 31.3 Å². The van der Waals surface area contributed by atoms with Crippen molar-refractivity contribution in [3.63, 3.8) is 0 Å². The van der Waals surface area contributed by atoms with Crippen LogP contribution in [0.1, 0.15) is 11.4 Å². The predicted molar refractivity (Wildman–Crippen MR) is 68.3 cm³/mol. The zero-order valence-corrected chi connectivity index (χ0v) is 10.5. The van der Waals surface area contributed by atoms with E-state index in [0.717, 1.165) is 0 Å². The van der Waals surface area contributed by atoms with Crippen LogP contribution in [-0.2, 0) is 11.2 Å². The van der Waals surface area contributed by atoms with Gasteiger partial charge in [0.05, 0.1) is 6.42 Å². The Bertz CT molecular complexity index is 539. The first-order valence-corrected chi connectivity index (χ1v) is 5.72. The average Bonchev–Trinajstić information content (AvgIpc) is 2.28. The van der Waals surface area contributed by atoms with E-state index in [1.807, 2.05) is 6.07 Å². The first-order valence-electron chi connectivity index (χ1n) is 5.34. The molecule has 2 aromatic rings. The van der Waals surface area contributed by atoms with Gasteiger partial charge in [0.1, 0.15) is 5.15 Å². The van der Waals surface area contributed by atoms with Crippen molar-refractivity contribution in [1.82, 2.24) is 15.0 Å². The number of halogens is 1. The van der Waals surface area contributed by atoms with Crippen molar-refractivity contribution in [3.05, 3.63) is 47.0 Å². The van der Waals surface area contributed by atoms with Crippen LogP contribution in [0.4, 0.5) is 5.95 Å². The third-order valence-corrected chi connectivity index (χ3v) is 2.34. The molecule has 1 N–H and O–H groups in total. The summed E-state index contributed by atoms with van der Waals surface area (Å²) < 4.78 is 0. The highest BCUT2D eigenvalue weighted by molar-refractivity contribution is 6.29. The summed E-state index contributed by atoms with van der Waals surface area (Å²) in [6, 6.07) is 7.03. The van der Waals surface area contributed by atoms with Crippen LogP contribution in [0.15, 0.2) is 30.5 Å². The van der Waals surface area contributed by atoms with Gasteiger partial charge in [0, 0.05) is 17.6 Å². The van der Waals surface area contributed by atoms with E-state index in [-0.39, 0.29) is 18.3 Å². The molecule has 0 spiro atoms. The second-order valence-electron chi connectivity index (χ2n) is 3.70. The number of anilines is 1. The molecule has 0 saturated heterocycles. The summed E-state index contributed by atoms with van der Waals surface area (Å²) in [5.74, 6) is -0.0173. The van der Waals surface area contributed by atoms with E-state index in [2.05, 4.69) is 20.3 Å². The van der Waals surface area contributed by atoms with Gasteiger partial charge in [-0.3, -0.25) is 15.1 Å². The molecule has 18 heavy (non-hydrogen) atoms. The molecule has 2 aromatic heterocycles. The number of aromatic nitrogens is 3. The molecule has 0 bridgehead atoms. The molecule has 1 amide bonds. The number of amides is 1. The Labute approximate surface area is 109 Å². The van der Waals surface area contributed by atoms with Gasteiger partial charge in [-0.05, 0) is 25.1 Å². The zero-order valence-electron chi connectivity index (χ0n) is 9.72. The lowest BCUT2D eigenvalue weighted by Gasteiger charge is -2.04. The summed E-state index contributed by atoms with van der Waals surface area (Å²) in [6.45, 7) is 1.78. The summed E-state index contributed by atoms with van der Waals surface area (Å²) in [6.07, 6.45) is 1.82. The molecule has 0 aromatic carbocycles. The Hall–Kier alpha value is -2.01. The number of rotatable bonds is 3. The topological polar surface area (TPSA) is 67.8 Å². The van der Waals surface area contributed by atoms with Crippen molar-refractivity contribution in [2.75, 3.05) is 5.32 Å². The third kappa shape index (κ3) is 3.49. The summed E-state index contributed by atoms with van der Waals surface area (Å²) in [5, 5.41) is 2.89. The molecule has 0 radical (unpaired) electrons. The Kier molecular flexibility index (Phi) is 3.84. The van der Waals surface area contributed by atoms with Gasteiger partial charge in [-0.2, -0.15) is 0 Å². The fraction of sp³-hybridized carbons (Fsp3) is 0.167. The Balaban J connectivity index is 2.03. The maximum Gasteiger partial charge on any atom is 0.232 e. The van der Waals surface area contributed by atoms with Gasteiger partial charge in [-0.1, -0.05) is 17.7 Å². The normalized spacial score (nSPS) is 10.1. The molecular formula is C12H11ClN4O. The number of carbonyl (C=O) groups is 1. The molecule has 2 heterocycles.